The average Bonchev–Trinajstić information content (AvgIpc) is 3.56. The first-order valence-electron chi connectivity index (χ1n) is 13.0. The molecule has 3 N–H and O–H groups in total. The number of aromatic nitrogens is 5. The minimum atomic E-state index is -0.560. The van der Waals surface area contributed by atoms with E-state index in [0.717, 1.165) is 23.7 Å². The van der Waals surface area contributed by atoms with Gasteiger partial charge in [-0.15, -0.1) is 0 Å². The smallest absolute Gasteiger partial charge is 0.407 e. The molecule has 6 rings (SSSR count). The van der Waals surface area contributed by atoms with Crippen molar-refractivity contribution in [2.45, 2.75) is 58.2 Å². The molecule has 1 aliphatic carbocycles. The van der Waals surface area contributed by atoms with Crippen LogP contribution >= 0.6 is 0 Å². The summed E-state index contributed by atoms with van der Waals surface area (Å²) in [5, 5.41) is 7.50. The fraction of sp³-hybridized carbons (Fsp3) is 0.444. The number of piperidine rings is 1. The number of benzene rings is 1. The SMILES string of the molecule is CNc1cc(F)cc2c1[nH]c1nc(Oc3cnc(C)nc3)nc(N3CC4CC3CC4NC(=O)OC(C)(C)C)c12. The van der Waals surface area contributed by atoms with Crippen LogP contribution in [0.15, 0.2) is 24.5 Å². The molecule has 2 bridgehead atoms. The number of carbonyl (C=O) groups is 1. The van der Waals surface area contributed by atoms with Gasteiger partial charge in [-0.3, -0.25) is 0 Å². The molecule has 1 aliphatic heterocycles. The molecule has 1 saturated carbocycles. The van der Waals surface area contributed by atoms with E-state index in [9.17, 15) is 9.18 Å². The summed E-state index contributed by atoms with van der Waals surface area (Å²) in [5.74, 6) is 1.55. The van der Waals surface area contributed by atoms with Gasteiger partial charge in [-0.2, -0.15) is 9.97 Å². The van der Waals surface area contributed by atoms with Crippen molar-refractivity contribution in [3.8, 4) is 11.8 Å². The predicted octanol–water partition coefficient (Wildman–Crippen LogP) is 4.67. The Bertz CT molecular complexity index is 1570. The lowest BCUT2D eigenvalue weighted by Gasteiger charge is -2.33. The zero-order valence-electron chi connectivity index (χ0n) is 22.5. The molecular weight excluding hydrogens is 503 g/mol. The number of halogens is 1. The highest BCUT2D eigenvalue weighted by Gasteiger charge is 2.47. The zero-order chi connectivity index (χ0) is 27.5. The lowest BCUT2D eigenvalue weighted by Crippen LogP contribution is -2.47. The van der Waals surface area contributed by atoms with Crippen molar-refractivity contribution in [2.75, 3.05) is 23.8 Å². The Morgan fingerprint density at radius 3 is 2.62 bits per heavy atom. The van der Waals surface area contributed by atoms with E-state index >= 15 is 0 Å². The van der Waals surface area contributed by atoms with Crippen LogP contribution < -0.4 is 20.3 Å². The van der Waals surface area contributed by atoms with Gasteiger partial charge in [0, 0.05) is 31.1 Å². The third-order valence-corrected chi connectivity index (χ3v) is 7.24. The molecule has 1 saturated heterocycles. The number of alkyl carbamates (subject to hydrolysis) is 1. The summed E-state index contributed by atoms with van der Waals surface area (Å²) >= 11 is 0. The highest BCUT2D eigenvalue weighted by atomic mass is 19.1. The van der Waals surface area contributed by atoms with Gasteiger partial charge < -0.3 is 30.0 Å². The standard InChI is InChI=1S/C27H31FN8O3/c1-13-30-10-17(11-31-13)38-25-34-23-21(18-7-15(28)8-20(29-5)22(18)33-23)24(35-25)36-12-14-6-16(36)9-19(14)32-26(37)39-27(2,3)4/h7-8,10-11,14,16,19,29H,6,9,12H2,1-5H3,(H,32,37)(H,33,34,35). The van der Waals surface area contributed by atoms with Crippen molar-refractivity contribution in [2.24, 2.45) is 5.92 Å². The number of ether oxygens (including phenoxy) is 2. The van der Waals surface area contributed by atoms with Crippen LogP contribution in [0.1, 0.15) is 39.4 Å². The number of aromatic amines is 1. The summed E-state index contributed by atoms with van der Waals surface area (Å²) in [7, 11) is 1.75. The van der Waals surface area contributed by atoms with E-state index < -0.39 is 11.7 Å². The highest BCUT2D eigenvalue weighted by Crippen LogP contribution is 2.44. The number of hydrogen-bond acceptors (Lipinski definition) is 9. The van der Waals surface area contributed by atoms with Crippen LogP contribution in [0.25, 0.3) is 21.9 Å². The topological polar surface area (TPSA) is 130 Å². The Hall–Kier alpha value is -4.22. The van der Waals surface area contributed by atoms with Gasteiger partial charge in [0.2, 0.25) is 0 Å². The highest BCUT2D eigenvalue weighted by molar-refractivity contribution is 6.14. The number of rotatable bonds is 5. The van der Waals surface area contributed by atoms with E-state index in [1.54, 1.807) is 26.4 Å². The van der Waals surface area contributed by atoms with Gasteiger partial charge in [-0.05, 0) is 58.6 Å². The van der Waals surface area contributed by atoms with Gasteiger partial charge >= 0.3 is 12.1 Å². The molecule has 204 valence electrons. The molecule has 12 heteroatoms. The number of hydrogen-bond donors (Lipinski definition) is 3. The van der Waals surface area contributed by atoms with Crippen LogP contribution in [0.4, 0.5) is 20.7 Å². The van der Waals surface area contributed by atoms with Gasteiger partial charge in [0.25, 0.3) is 0 Å². The molecule has 1 aromatic carbocycles. The molecule has 4 aromatic rings. The third kappa shape index (κ3) is 4.75. The Labute approximate surface area is 224 Å². The fourth-order valence-corrected chi connectivity index (χ4v) is 5.66. The largest absolute Gasteiger partial charge is 0.444 e. The van der Waals surface area contributed by atoms with Crippen molar-refractivity contribution >= 4 is 39.5 Å². The van der Waals surface area contributed by atoms with Crippen LogP contribution in [-0.4, -0.2) is 62.3 Å². The molecule has 3 unspecified atom stereocenters. The number of aryl methyl sites for hydroxylation is 1. The molecule has 3 aromatic heterocycles. The Morgan fingerprint density at radius 2 is 1.95 bits per heavy atom. The van der Waals surface area contributed by atoms with Crippen LogP contribution in [-0.2, 0) is 4.74 Å². The Kier molecular flexibility index (Phi) is 5.92. The van der Waals surface area contributed by atoms with Crippen LogP contribution in [0.2, 0.25) is 0 Å². The molecule has 0 spiro atoms. The van der Waals surface area contributed by atoms with E-state index in [2.05, 4.69) is 35.5 Å². The van der Waals surface area contributed by atoms with Gasteiger partial charge in [-0.1, -0.05) is 0 Å². The first-order chi connectivity index (χ1) is 18.6. The lowest BCUT2D eigenvalue weighted by molar-refractivity contribution is 0.0491. The van der Waals surface area contributed by atoms with Crippen LogP contribution in [0.3, 0.4) is 0 Å². The van der Waals surface area contributed by atoms with Crippen molar-refractivity contribution < 1.29 is 18.7 Å². The normalized spacial score (nSPS) is 20.6. The van der Waals surface area contributed by atoms with Crippen molar-refractivity contribution in [3.05, 3.63) is 36.2 Å². The molecular formula is C27H31FN8O3. The molecule has 11 nitrogen and oxygen atoms in total. The first kappa shape index (κ1) is 25.1. The molecule has 0 radical (unpaired) electrons. The van der Waals surface area contributed by atoms with Gasteiger partial charge in [-0.25, -0.2) is 19.2 Å². The summed E-state index contributed by atoms with van der Waals surface area (Å²) < 4.78 is 26.1. The summed E-state index contributed by atoms with van der Waals surface area (Å²) in [6.07, 6.45) is 4.38. The summed E-state index contributed by atoms with van der Waals surface area (Å²) in [6, 6.07) is 3.21. The second-order valence-electron chi connectivity index (χ2n) is 11.2. The van der Waals surface area contributed by atoms with E-state index in [0.29, 0.717) is 40.7 Å². The molecule has 2 fully saturated rings. The molecule has 3 atom stereocenters. The number of amides is 1. The van der Waals surface area contributed by atoms with Crippen LogP contribution in [0, 0.1) is 18.7 Å². The summed E-state index contributed by atoms with van der Waals surface area (Å²) in [6.45, 7) is 8.01. The molecule has 1 amide bonds. The molecule has 39 heavy (non-hydrogen) atoms. The maximum absolute atomic E-state index is 14.6. The Balaban J connectivity index is 1.38. The average molecular weight is 535 g/mol. The van der Waals surface area contributed by atoms with E-state index in [1.807, 2.05) is 20.8 Å². The van der Waals surface area contributed by atoms with E-state index in [-0.39, 0.29) is 29.8 Å². The zero-order valence-corrected chi connectivity index (χ0v) is 22.5. The monoisotopic (exact) mass is 534 g/mol. The van der Waals surface area contributed by atoms with Crippen molar-refractivity contribution in [1.82, 2.24) is 30.2 Å². The van der Waals surface area contributed by atoms with E-state index in [1.165, 1.54) is 12.1 Å². The second kappa shape index (κ2) is 9.21. The number of nitrogens with one attached hydrogen (secondary N) is 3. The lowest BCUT2D eigenvalue weighted by atomic mass is 10.0. The van der Waals surface area contributed by atoms with Gasteiger partial charge in [0.1, 0.15) is 28.7 Å². The van der Waals surface area contributed by atoms with Gasteiger partial charge in [0.15, 0.2) is 5.75 Å². The third-order valence-electron chi connectivity index (χ3n) is 7.24. The predicted molar refractivity (Wildman–Crippen MR) is 145 cm³/mol. The minimum Gasteiger partial charge on any atom is -0.444 e. The molecule has 4 heterocycles. The maximum atomic E-state index is 14.6. The Morgan fingerprint density at radius 1 is 1.18 bits per heavy atom. The van der Waals surface area contributed by atoms with Crippen molar-refractivity contribution in [3.63, 3.8) is 0 Å². The van der Waals surface area contributed by atoms with E-state index in [4.69, 9.17) is 14.5 Å². The number of fused-ring (bicyclic) bond motifs is 5. The minimum absolute atomic E-state index is 0.00941. The quantitative estimate of drug-likeness (QED) is 0.334. The number of anilines is 2. The van der Waals surface area contributed by atoms with Crippen LogP contribution in [0.5, 0.6) is 11.8 Å². The number of H-pyrrole nitrogens is 1. The molecule has 2 aliphatic rings. The number of carbonyl (C=O) groups excluding carboxylic acids is 1. The first-order valence-corrected chi connectivity index (χ1v) is 13.0. The maximum Gasteiger partial charge on any atom is 0.407 e. The fourth-order valence-electron chi connectivity index (χ4n) is 5.66. The van der Waals surface area contributed by atoms with Crippen molar-refractivity contribution in [1.29, 1.82) is 0 Å². The van der Waals surface area contributed by atoms with Gasteiger partial charge in [0.05, 0.1) is 29.0 Å². The summed E-state index contributed by atoms with van der Waals surface area (Å²) in [4.78, 5) is 35.8. The second-order valence-corrected chi connectivity index (χ2v) is 11.2. The summed E-state index contributed by atoms with van der Waals surface area (Å²) in [5.41, 5.74) is 1.32. The number of nitrogens with zero attached hydrogens (tertiary/aromatic N) is 5.